The minimum absolute atomic E-state index is 0.251. The number of amides is 2. The van der Waals surface area contributed by atoms with Crippen LogP contribution in [0.3, 0.4) is 0 Å². The molecular weight excluding hydrogens is 735 g/mol. The van der Waals surface area contributed by atoms with E-state index in [-0.39, 0.29) is 17.7 Å². The van der Waals surface area contributed by atoms with E-state index in [0.717, 1.165) is 34.0 Å². The van der Waals surface area contributed by atoms with Crippen LogP contribution in [0.1, 0.15) is 54.2 Å². The van der Waals surface area contributed by atoms with E-state index in [1.54, 1.807) is 30.0 Å². The lowest BCUT2D eigenvalue weighted by molar-refractivity contribution is -0.139. The third-order valence-corrected chi connectivity index (χ3v) is 11.5. The standard InChI is InChI=1S/C43H47N3O7S2/c1-42(2,3)53-41(50)45-35(29-54-43(31-16-8-5-9-17-31,32-18-10-6-11-19-32)33-20-12-7-13-21-33)28-44-34-23-24-36-30(27-34)15-14-22-37(36)39(47)46-38(40(48)49)25-26-55(4,51)52/h5-24,27,35,38,44H,25-26,28-29H2,1-4H3,(H,45,50)(H,46,47)(H,48,49)/t35-,38?/m1/s1. The summed E-state index contributed by atoms with van der Waals surface area (Å²) in [6.07, 6.45) is 0.236. The highest BCUT2D eigenvalue weighted by molar-refractivity contribution is 8.00. The predicted molar refractivity (Wildman–Crippen MR) is 220 cm³/mol. The molecule has 55 heavy (non-hydrogen) atoms. The van der Waals surface area contributed by atoms with Gasteiger partial charge in [-0.1, -0.05) is 109 Å². The second-order valence-corrected chi connectivity index (χ2v) is 17.8. The number of fused-ring (bicyclic) bond motifs is 1. The average molecular weight is 782 g/mol. The number of rotatable bonds is 16. The molecule has 5 aromatic carbocycles. The van der Waals surface area contributed by atoms with E-state index in [2.05, 4.69) is 52.3 Å². The Bertz CT molecular complexity index is 2100. The molecule has 0 aromatic heterocycles. The molecule has 0 fully saturated rings. The van der Waals surface area contributed by atoms with E-state index < -0.39 is 50.2 Å². The number of nitrogens with one attached hydrogen (secondary N) is 3. The van der Waals surface area contributed by atoms with Gasteiger partial charge >= 0.3 is 12.1 Å². The number of ether oxygens (including phenoxy) is 1. The fourth-order valence-electron chi connectivity index (χ4n) is 6.28. The molecule has 5 rings (SSSR count). The second-order valence-electron chi connectivity index (χ2n) is 14.3. The number of benzene rings is 5. The van der Waals surface area contributed by atoms with Gasteiger partial charge in [0.05, 0.1) is 16.5 Å². The number of carbonyl (C=O) groups excluding carboxylic acids is 2. The minimum Gasteiger partial charge on any atom is -0.480 e. The number of sulfone groups is 1. The molecule has 0 aliphatic carbocycles. The van der Waals surface area contributed by atoms with Crippen molar-refractivity contribution in [2.75, 3.05) is 29.6 Å². The first-order valence-electron chi connectivity index (χ1n) is 17.9. The maximum absolute atomic E-state index is 13.3. The lowest BCUT2D eigenvalue weighted by Gasteiger charge is -2.37. The smallest absolute Gasteiger partial charge is 0.407 e. The fraction of sp³-hybridized carbons (Fsp3) is 0.279. The second kappa shape index (κ2) is 17.9. The SMILES string of the molecule is CC(C)(C)OC(=O)N[C@H](CNc1ccc2c(C(=O)NC(CCS(C)(=O)=O)C(=O)O)cccc2c1)CSC(c1ccccc1)(c1ccccc1)c1ccccc1. The summed E-state index contributed by atoms with van der Waals surface area (Å²) in [5.41, 5.74) is 3.59. The van der Waals surface area contributed by atoms with E-state index in [1.165, 1.54) is 0 Å². The van der Waals surface area contributed by atoms with Crippen LogP contribution in [0.15, 0.2) is 127 Å². The Labute approximate surface area is 327 Å². The molecule has 288 valence electrons. The van der Waals surface area contributed by atoms with Gasteiger partial charge in [-0.25, -0.2) is 18.0 Å². The van der Waals surface area contributed by atoms with Crippen molar-refractivity contribution in [3.8, 4) is 0 Å². The van der Waals surface area contributed by atoms with E-state index in [1.807, 2.05) is 93.6 Å². The van der Waals surface area contributed by atoms with Crippen molar-refractivity contribution in [1.29, 1.82) is 0 Å². The first-order valence-corrected chi connectivity index (χ1v) is 21.0. The van der Waals surface area contributed by atoms with Gasteiger partial charge < -0.3 is 25.8 Å². The summed E-state index contributed by atoms with van der Waals surface area (Å²) in [4.78, 5) is 38.3. The van der Waals surface area contributed by atoms with Crippen molar-refractivity contribution in [2.24, 2.45) is 0 Å². The van der Waals surface area contributed by atoms with E-state index in [0.29, 0.717) is 17.7 Å². The molecule has 2 amide bonds. The number of alkyl carbamates (subject to hydrolysis) is 1. The molecule has 0 aliphatic rings. The Kier molecular flexibility index (Phi) is 13.3. The van der Waals surface area contributed by atoms with Crippen LogP contribution in [0.4, 0.5) is 10.5 Å². The number of thioether (sulfide) groups is 1. The number of anilines is 1. The zero-order chi connectivity index (χ0) is 39.6. The van der Waals surface area contributed by atoms with E-state index in [9.17, 15) is 27.9 Å². The quantitative estimate of drug-likeness (QED) is 0.0747. The van der Waals surface area contributed by atoms with Gasteiger partial charge in [-0.15, -0.1) is 11.8 Å². The summed E-state index contributed by atoms with van der Waals surface area (Å²) in [7, 11) is -3.42. The average Bonchev–Trinajstić information content (AvgIpc) is 3.15. The molecule has 5 aromatic rings. The van der Waals surface area contributed by atoms with Crippen molar-refractivity contribution in [3.63, 3.8) is 0 Å². The van der Waals surface area contributed by atoms with Gasteiger partial charge in [0.1, 0.15) is 21.5 Å². The maximum atomic E-state index is 13.3. The molecule has 10 nitrogen and oxygen atoms in total. The third-order valence-electron chi connectivity index (χ3n) is 8.82. The van der Waals surface area contributed by atoms with Crippen LogP contribution in [0.5, 0.6) is 0 Å². The molecule has 1 unspecified atom stereocenters. The van der Waals surface area contributed by atoms with E-state index >= 15 is 0 Å². The van der Waals surface area contributed by atoms with E-state index in [4.69, 9.17) is 4.74 Å². The normalized spacial score (nSPS) is 13.0. The molecule has 0 aliphatic heterocycles. The highest BCUT2D eigenvalue weighted by atomic mass is 32.2. The maximum Gasteiger partial charge on any atom is 0.407 e. The summed E-state index contributed by atoms with van der Waals surface area (Å²) in [6, 6.07) is 39.8. The largest absolute Gasteiger partial charge is 0.480 e. The molecule has 0 saturated heterocycles. The zero-order valence-corrected chi connectivity index (χ0v) is 33.0. The number of carbonyl (C=O) groups is 3. The zero-order valence-electron chi connectivity index (χ0n) is 31.3. The fourth-order valence-corrected chi connectivity index (χ4v) is 8.50. The first kappa shape index (κ1) is 40.8. The van der Waals surface area contributed by atoms with Gasteiger partial charge in [0, 0.05) is 29.8 Å². The monoisotopic (exact) mass is 781 g/mol. The van der Waals surface area contributed by atoms with Crippen LogP contribution in [0.2, 0.25) is 0 Å². The van der Waals surface area contributed by atoms with Crippen LogP contribution < -0.4 is 16.0 Å². The summed E-state index contributed by atoms with van der Waals surface area (Å²) in [6.45, 7) is 5.80. The highest BCUT2D eigenvalue weighted by Crippen LogP contribution is 2.48. The van der Waals surface area contributed by atoms with Crippen molar-refractivity contribution < 1.29 is 32.6 Å². The van der Waals surface area contributed by atoms with Gasteiger partial charge in [-0.05, 0) is 72.9 Å². The Morgan fingerprint density at radius 1 is 0.764 bits per heavy atom. The molecule has 0 spiro atoms. The molecule has 0 heterocycles. The van der Waals surface area contributed by atoms with Gasteiger partial charge in [0.25, 0.3) is 5.91 Å². The van der Waals surface area contributed by atoms with Crippen LogP contribution in [-0.2, 0) is 24.1 Å². The van der Waals surface area contributed by atoms with Crippen molar-refractivity contribution in [1.82, 2.24) is 10.6 Å². The minimum atomic E-state index is -3.42. The molecule has 2 atom stereocenters. The van der Waals surface area contributed by atoms with Gasteiger partial charge in [-0.2, -0.15) is 0 Å². The number of carboxylic acid groups (broad SMARTS) is 1. The van der Waals surface area contributed by atoms with Crippen LogP contribution >= 0.6 is 11.8 Å². The summed E-state index contributed by atoms with van der Waals surface area (Å²) >= 11 is 1.72. The third kappa shape index (κ3) is 11.1. The van der Waals surface area contributed by atoms with Crippen LogP contribution in [0.25, 0.3) is 10.8 Å². The Balaban J connectivity index is 1.42. The Morgan fingerprint density at radius 3 is 1.84 bits per heavy atom. The number of aliphatic carboxylic acids is 1. The van der Waals surface area contributed by atoms with Gasteiger partial charge in [-0.3, -0.25) is 4.79 Å². The molecule has 12 heteroatoms. The van der Waals surface area contributed by atoms with Crippen LogP contribution in [-0.4, -0.2) is 73.5 Å². The van der Waals surface area contributed by atoms with Gasteiger partial charge in [0.2, 0.25) is 0 Å². The van der Waals surface area contributed by atoms with Crippen molar-refractivity contribution in [2.45, 2.75) is 49.6 Å². The number of hydrogen-bond donors (Lipinski definition) is 4. The Morgan fingerprint density at radius 2 is 1.33 bits per heavy atom. The molecule has 0 radical (unpaired) electrons. The highest BCUT2D eigenvalue weighted by Gasteiger charge is 2.38. The van der Waals surface area contributed by atoms with Crippen molar-refractivity contribution >= 4 is 56.0 Å². The van der Waals surface area contributed by atoms with Crippen LogP contribution in [0, 0.1) is 0 Å². The first-order chi connectivity index (χ1) is 26.1. The van der Waals surface area contributed by atoms with Gasteiger partial charge in [0.15, 0.2) is 0 Å². The molecular formula is C43H47N3O7S2. The molecule has 0 saturated carbocycles. The lowest BCUT2D eigenvalue weighted by Crippen LogP contribution is -2.45. The summed E-state index contributed by atoms with van der Waals surface area (Å²) in [5, 5.41) is 20.0. The predicted octanol–water partition coefficient (Wildman–Crippen LogP) is 7.49. The lowest BCUT2D eigenvalue weighted by atomic mass is 9.84. The number of carboxylic acids is 1. The molecule has 0 bridgehead atoms. The number of hydrogen-bond acceptors (Lipinski definition) is 8. The summed E-state index contributed by atoms with van der Waals surface area (Å²) < 4.78 is 28.4. The van der Waals surface area contributed by atoms with Crippen molar-refractivity contribution in [3.05, 3.63) is 150 Å². The summed E-state index contributed by atoms with van der Waals surface area (Å²) in [5.74, 6) is -1.81. The Hall–Kier alpha value is -5.33. The molecule has 4 N–H and O–H groups in total. The topological polar surface area (TPSA) is 151 Å².